The molecular weight excluding hydrogens is 198 g/mol. The largest absolute Gasteiger partial charge is 0.383 e. The molecule has 1 aliphatic heterocycles. The normalized spacial score (nSPS) is 14.2. The van der Waals surface area contributed by atoms with Crippen LogP contribution in [0.4, 0.5) is 5.69 Å². The predicted octanol–water partition coefficient (Wildman–Crippen LogP) is 2.47. The number of fused-ring (bicyclic) bond motifs is 1. The van der Waals surface area contributed by atoms with Gasteiger partial charge in [0.15, 0.2) is 0 Å². The maximum absolute atomic E-state index is 5.95. The lowest BCUT2D eigenvalue weighted by Crippen LogP contribution is -2.23. The van der Waals surface area contributed by atoms with Crippen LogP contribution in [0.2, 0.25) is 0 Å². The van der Waals surface area contributed by atoms with Gasteiger partial charge >= 0.3 is 0 Å². The van der Waals surface area contributed by atoms with Crippen molar-refractivity contribution < 1.29 is 0 Å². The van der Waals surface area contributed by atoms with Crippen molar-refractivity contribution in [3.8, 4) is 0 Å². The monoisotopic (exact) mass is 215 g/mol. The Kier molecular flexibility index (Phi) is 2.46. The van der Waals surface area contributed by atoms with Gasteiger partial charge in [-0.1, -0.05) is 13.5 Å². The molecule has 0 amide bonds. The van der Waals surface area contributed by atoms with E-state index in [4.69, 9.17) is 5.73 Å². The molecule has 1 aromatic carbocycles. The second-order valence-electron chi connectivity index (χ2n) is 4.13. The van der Waals surface area contributed by atoms with Crippen LogP contribution >= 0.6 is 0 Å². The zero-order valence-electron chi connectivity index (χ0n) is 10.0. The molecule has 1 aromatic rings. The molecule has 0 saturated heterocycles. The number of hydrogen-bond donors (Lipinski definition) is 2. The highest BCUT2D eigenvalue weighted by atomic mass is 15.1. The zero-order valence-corrected chi connectivity index (χ0v) is 10.0. The Morgan fingerprint density at radius 2 is 2.06 bits per heavy atom. The number of nitrogens with two attached hydrogens (primary N) is 1. The number of benzene rings is 1. The third-order valence-electron chi connectivity index (χ3n) is 3.18. The van der Waals surface area contributed by atoms with Crippen LogP contribution in [-0.4, -0.2) is 5.84 Å². The van der Waals surface area contributed by atoms with Crippen LogP contribution < -0.4 is 11.1 Å². The predicted molar refractivity (Wildman–Crippen MR) is 68.8 cm³/mol. The maximum Gasteiger partial charge on any atom is 0.135 e. The lowest BCUT2D eigenvalue weighted by molar-refractivity contribution is 1.08. The highest BCUT2D eigenvalue weighted by Gasteiger charge is 2.18. The fraction of sp³-hybridized carbons (Fsp3) is 0.308. The fourth-order valence-electron chi connectivity index (χ4n) is 2.17. The smallest absolute Gasteiger partial charge is 0.135 e. The fourth-order valence-corrected chi connectivity index (χ4v) is 2.17. The summed E-state index contributed by atoms with van der Waals surface area (Å²) in [5, 5.41) is 3.17. The number of aliphatic imine (C=N–C) groups is 1. The Morgan fingerprint density at radius 1 is 1.38 bits per heavy atom. The highest BCUT2D eigenvalue weighted by Crippen LogP contribution is 2.30. The van der Waals surface area contributed by atoms with Crippen molar-refractivity contribution in [3.05, 3.63) is 40.7 Å². The quantitative estimate of drug-likeness (QED) is 0.756. The molecule has 0 unspecified atom stereocenters. The van der Waals surface area contributed by atoms with Gasteiger partial charge in [-0.15, -0.1) is 0 Å². The van der Waals surface area contributed by atoms with Crippen LogP contribution in [-0.2, 0) is 6.42 Å². The summed E-state index contributed by atoms with van der Waals surface area (Å²) in [4.78, 5) is 4.17. The highest BCUT2D eigenvalue weighted by molar-refractivity contribution is 6.06. The Morgan fingerprint density at radius 3 is 2.69 bits per heavy atom. The van der Waals surface area contributed by atoms with E-state index < -0.39 is 0 Å². The summed E-state index contributed by atoms with van der Waals surface area (Å²) in [6.45, 7) is 10.2. The zero-order chi connectivity index (χ0) is 11.9. The average molecular weight is 215 g/mol. The number of aryl methyl sites for hydroxylation is 1. The SMILES string of the molecule is C=C1N=C(N)c2c(cc(CC)c(C)c2C)N1. The maximum atomic E-state index is 5.95. The van der Waals surface area contributed by atoms with E-state index in [2.05, 4.69) is 43.7 Å². The van der Waals surface area contributed by atoms with Crippen LogP contribution in [0.3, 0.4) is 0 Å². The second-order valence-corrected chi connectivity index (χ2v) is 4.13. The summed E-state index contributed by atoms with van der Waals surface area (Å²) >= 11 is 0. The van der Waals surface area contributed by atoms with Gasteiger partial charge in [-0.05, 0) is 43.0 Å². The topological polar surface area (TPSA) is 50.4 Å². The summed E-state index contributed by atoms with van der Waals surface area (Å²) in [6, 6.07) is 2.14. The van der Waals surface area contributed by atoms with E-state index in [0.717, 1.165) is 17.7 Å². The van der Waals surface area contributed by atoms with E-state index in [1.165, 1.54) is 16.7 Å². The van der Waals surface area contributed by atoms with Gasteiger partial charge in [-0.3, -0.25) is 0 Å². The van der Waals surface area contributed by atoms with Crippen LogP contribution in [0.25, 0.3) is 0 Å². The first kappa shape index (κ1) is 10.7. The van der Waals surface area contributed by atoms with Gasteiger partial charge < -0.3 is 11.1 Å². The molecular formula is C13H17N3. The molecule has 0 radical (unpaired) electrons. The Balaban J connectivity index is 2.71. The Labute approximate surface area is 96.1 Å². The second kappa shape index (κ2) is 3.67. The Hall–Kier alpha value is -1.77. The summed E-state index contributed by atoms with van der Waals surface area (Å²) in [5.74, 6) is 1.16. The third-order valence-corrected chi connectivity index (χ3v) is 3.18. The van der Waals surface area contributed by atoms with Gasteiger partial charge in [0.2, 0.25) is 0 Å². The third kappa shape index (κ3) is 1.48. The lowest BCUT2D eigenvalue weighted by Gasteiger charge is -2.22. The van der Waals surface area contributed by atoms with E-state index in [0.29, 0.717) is 11.7 Å². The molecule has 0 bridgehead atoms. The number of hydrogen-bond acceptors (Lipinski definition) is 3. The number of nitrogens with one attached hydrogen (secondary N) is 1. The summed E-state index contributed by atoms with van der Waals surface area (Å²) in [5.41, 5.74) is 11.8. The lowest BCUT2D eigenvalue weighted by atomic mass is 9.93. The van der Waals surface area contributed by atoms with E-state index in [-0.39, 0.29) is 0 Å². The van der Waals surface area contributed by atoms with Gasteiger partial charge in [0.05, 0.1) is 5.69 Å². The van der Waals surface area contributed by atoms with E-state index >= 15 is 0 Å². The molecule has 16 heavy (non-hydrogen) atoms. The van der Waals surface area contributed by atoms with Gasteiger partial charge in [0.1, 0.15) is 11.7 Å². The first-order valence-corrected chi connectivity index (χ1v) is 5.48. The molecule has 1 heterocycles. The first-order chi connectivity index (χ1) is 7.54. The minimum Gasteiger partial charge on any atom is -0.383 e. The number of amidine groups is 1. The summed E-state index contributed by atoms with van der Waals surface area (Å²) in [7, 11) is 0. The van der Waals surface area contributed by atoms with Crippen LogP contribution in [0, 0.1) is 13.8 Å². The van der Waals surface area contributed by atoms with E-state index in [1.807, 2.05) is 0 Å². The van der Waals surface area contributed by atoms with Crippen molar-refractivity contribution in [3.63, 3.8) is 0 Å². The molecule has 0 aromatic heterocycles. The van der Waals surface area contributed by atoms with Gasteiger partial charge in [-0.25, -0.2) is 4.99 Å². The van der Waals surface area contributed by atoms with Gasteiger partial charge in [0.25, 0.3) is 0 Å². The van der Waals surface area contributed by atoms with Gasteiger partial charge in [0, 0.05) is 5.56 Å². The van der Waals surface area contributed by atoms with E-state index in [1.54, 1.807) is 0 Å². The number of nitrogens with zero attached hydrogens (tertiary/aromatic N) is 1. The molecule has 3 nitrogen and oxygen atoms in total. The van der Waals surface area contributed by atoms with E-state index in [9.17, 15) is 0 Å². The van der Waals surface area contributed by atoms with Crippen molar-refractivity contribution in [2.24, 2.45) is 10.7 Å². The molecule has 3 heteroatoms. The summed E-state index contributed by atoms with van der Waals surface area (Å²) < 4.78 is 0. The minimum absolute atomic E-state index is 0.557. The Bertz CT molecular complexity index is 498. The molecule has 0 fully saturated rings. The molecule has 0 aliphatic carbocycles. The summed E-state index contributed by atoms with van der Waals surface area (Å²) in [6.07, 6.45) is 1.02. The molecule has 0 spiro atoms. The van der Waals surface area contributed by atoms with Crippen molar-refractivity contribution in [2.45, 2.75) is 27.2 Å². The van der Waals surface area contributed by atoms with Crippen molar-refractivity contribution in [2.75, 3.05) is 5.32 Å². The molecule has 0 atom stereocenters. The molecule has 1 aliphatic rings. The van der Waals surface area contributed by atoms with Gasteiger partial charge in [-0.2, -0.15) is 0 Å². The molecule has 3 N–H and O–H groups in total. The van der Waals surface area contributed by atoms with Crippen LogP contribution in [0.1, 0.15) is 29.2 Å². The van der Waals surface area contributed by atoms with Crippen LogP contribution in [0.5, 0.6) is 0 Å². The number of anilines is 1. The number of rotatable bonds is 1. The van der Waals surface area contributed by atoms with Crippen molar-refractivity contribution in [1.29, 1.82) is 0 Å². The van der Waals surface area contributed by atoms with Crippen LogP contribution in [0.15, 0.2) is 23.5 Å². The average Bonchev–Trinajstić information content (AvgIpc) is 2.22. The minimum atomic E-state index is 0.557. The molecule has 2 rings (SSSR count). The molecule has 0 saturated carbocycles. The molecule has 84 valence electrons. The standard InChI is InChI=1S/C13H17N3/c1-5-10-6-11-12(8(3)7(10)2)13(14)16-9(4)15-11/h6,15H,4-5H2,1-3H3,(H2,14,16). The van der Waals surface area contributed by atoms with Crippen molar-refractivity contribution >= 4 is 11.5 Å². The van der Waals surface area contributed by atoms with Crippen molar-refractivity contribution in [1.82, 2.24) is 0 Å². The first-order valence-electron chi connectivity index (χ1n) is 5.48.